The van der Waals surface area contributed by atoms with Crippen LogP contribution in [0.1, 0.15) is 15.9 Å². The molecule has 0 radical (unpaired) electrons. The molecule has 0 saturated carbocycles. The molecule has 4 aromatic rings. The van der Waals surface area contributed by atoms with Crippen LogP contribution in [0, 0.1) is 0 Å². The monoisotopic (exact) mass is 353 g/mol. The number of carbonyl (C=O) groups excluding carboxylic acids is 1. The fourth-order valence-corrected chi connectivity index (χ4v) is 2.94. The molecule has 1 aromatic heterocycles. The summed E-state index contributed by atoms with van der Waals surface area (Å²) in [5.41, 5.74) is 1.15. The molecule has 0 aliphatic carbocycles. The lowest BCUT2D eigenvalue weighted by atomic mass is 10.0. The van der Waals surface area contributed by atoms with Crippen molar-refractivity contribution in [2.24, 2.45) is 0 Å². The zero-order valence-corrected chi connectivity index (χ0v) is 14.5. The fraction of sp³-hybridized carbons (Fsp3) is 0. The summed E-state index contributed by atoms with van der Waals surface area (Å²) >= 11 is 0. The van der Waals surface area contributed by atoms with Crippen molar-refractivity contribution in [3.8, 4) is 0 Å². The average molecular weight is 353 g/mol. The number of allylic oxidation sites excluding steroid dienone is 1. The van der Waals surface area contributed by atoms with E-state index in [1.54, 1.807) is 48.8 Å². The van der Waals surface area contributed by atoms with E-state index >= 15 is 0 Å². The molecule has 130 valence electrons. The second kappa shape index (κ2) is 7.22. The van der Waals surface area contributed by atoms with Crippen LogP contribution in [0.3, 0.4) is 0 Å². The summed E-state index contributed by atoms with van der Waals surface area (Å²) in [6.07, 6.45) is 3.44. The Bertz CT molecular complexity index is 1140. The molecule has 0 aliphatic heterocycles. The maximum Gasteiger partial charge on any atom is 0.327 e. The summed E-state index contributed by atoms with van der Waals surface area (Å²) in [5.74, 6) is -0.415. The maximum absolute atomic E-state index is 13.2. The second-order valence-electron chi connectivity index (χ2n) is 6.11. The standard InChI is InChI=1S/C23H16N2O2/c26-22(17-9-3-1-4-10-17)21(23(27)18-11-5-2-6-12-18)25-16-20-14-8-7-13-19(20)15-24-25/h1-16H/p+1. The molecule has 0 atom stereocenters. The van der Waals surface area contributed by atoms with Gasteiger partial charge in [0.25, 0.3) is 5.78 Å². The highest BCUT2D eigenvalue weighted by Gasteiger charge is 2.29. The first-order valence-corrected chi connectivity index (χ1v) is 8.59. The van der Waals surface area contributed by atoms with Gasteiger partial charge in [-0.25, -0.2) is 0 Å². The largest absolute Gasteiger partial charge is 0.502 e. The van der Waals surface area contributed by atoms with E-state index in [4.69, 9.17) is 0 Å². The van der Waals surface area contributed by atoms with Gasteiger partial charge in [0.1, 0.15) is 6.20 Å². The Labute approximate surface area is 156 Å². The predicted molar refractivity (Wildman–Crippen MR) is 105 cm³/mol. The van der Waals surface area contributed by atoms with Crippen molar-refractivity contribution in [3.05, 3.63) is 108 Å². The van der Waals surface area contributed by atoms with Crippen LogP contribution in [-0.4, -0.2) is 16.0 Å². The van der Waals surface area contributed by atoms with Gasteiger partial charge in [0, 0.05) is 16.5 Å². The van der Waals surface area contributed by atoms with Gasteiger partial charge in [0.2, 0.25) is 12.0 Å². The molecular formula is C23H17N2O2+. The van der Waals surface area contributed by atoms with Gasteiger partial charge in [-0.1, -0.05) is 78.9 Å². The summed E-state index contributed by atoms with van der Waals surface area (Å²) in [6, 6.07) is 25.6. The van der Waals surface area contributed by atoms with Crippen molar-refractivity contribution in [2.75, 3.05) is 0 Å². The number of carbonyl (C=O) groups is 1. The average Bonchev–Trinajstić information content (AvgIpc) is 2.75. The third kappa shape index (κ3) is 3.33. The summed E-state index contributed by atoms with van der Waals surface area (Å²) in [5, 5.41) is 17.2. The van der Waals surface area contributed by atoms with Crippen molar-refractivity contribution >= 4 is 28.0 Å². The minimum Gasteiger partial charge on any atom is -0.502 e. The number of aliphatic hydroxyl groups excluding tert-OH is 1. The first kappa shape index (κ1) is 16.7. The Morgan fingerprint density at radius 1 is 0.741 bits per heavy atom. The highest BCUT2D eigenvalue weighted by atomic mass is 16.3. The molecule has 4 nitrogen and oxygen atoms in total. The SMILES string of the molecule is O=C(/C(=C(/O)c1ccccc1)[n+]1cc2ccccc2cn1)c1ccccc1. The highest BCUT2D eigenvalue weighted by Crippen LogP contribution is 2.20. The Hall–Kier alpha value is -3.79. The normalized spacial score (nSPS) is 11.9. The molecule has 0 spiro atoms. The van der Waals surface area contributed by atoms with Crippen LogP contribution >= 0.6 is 0 Å². The third-order valence-electron chi connectivity index (χ3n) is 4.33. The molecule has 0 aliphatic rings. The van der Waals surface area contributed by atoms with E-state index in [2.05, 4.69) is 5.10 Å². The number of hydrogen-bond donors (Lipinski definition) is 1. The molecule has 27 heavy (non-hydrogen) atoms. The van der Waals surface area contributed by atoms with Gasteiger partial charge in [-0.05, 0) is 15.8 Å². The van der Waals surface area contributed by atoms with Crippen LogP contribution in [-0.2, 0) is 0 Å². The molecule has 0 amide bonds. The molecule has 3 aromatic carbocycles. The zero-order chi connectivity index (χ0) is 18.6. The number of nitrogens with zero attached hydrogens (tertiary/aromatic N) is 2. The number of fused-ring (bicyclic) bond motifs is 1. The number of aromatic nitrogens is 2. The van der Waals surface area contributed by atoms with Crippen molar-refractivity contribution < 1.29 is 14.6 Å². The first-order valence-electron chi connectivity index (χ1n) is 8.59. The van der Waals surface area contributed by atoms with Gasteiger partial charge in [-0.15, -0.1) is 0 Å². The lowest BCUT2D eigenvalue weighted by Crippen LogP contribution is -2.40. The molecular weight excluding hydrogens is 336 g/mol. The molecule has 1 N–H and O–H groups in total. The van der Waals surface area contributed by atoms with E-state index in [1.807, 2.05) is 48.5 Å². The Kier molecular flexibility index (Phi) is 4.45. The minimum absolute atomic E-state index is 0.109. The summed E-state index contributed by atoms with van der Waals surface area (Å²) in [7, 11) is 0. The van der Waals surface area contributed by atoms with E-state index in [-0.39, 0.29) is 17.2 Å². The zero-order valence-electron chi connectivity index (χ0n) is 14.5. The van der Waals surface area contributed by atoms with E-state index in [0.717, 1.165) is 10.8 Å². The Balaban J connectivity index is 1.94. The van der Waals surface area contributed by atoms with Gasteiger partial charge < -0.3 is 5.11 Å². The van der Waals surface area contributed by atoms with Crippen LogP contribution in [0.2, 0.25) is 0 Å². The molecule has 0 fully saturated rings. The van der Waals surface area contributed by atoms with Gasteiger partial charge in [-0.2, -0.15) is 0 Å². The highest BCUT2D eigenvalue weighted by molar-refractivity contribution is 6.26. The van der Waals surface area contributed by atoms with E-state index in [1.165, 1.54) is 4.68 Å². The lowest BCUT2D eigenvalue weighted by Gasteiger charge is -2.05. The fourth-order valence-electron chi connectivity index (χ4n) is 2.94. The number of hydrogen-bond acceptors (Lipinski definition) is 3. The van der Waals surface area contributed by atoms with Crippen molar-refractivity contribution in [3.63, 3.8) is 0 Å². The van der Waals surface area contributed by atoms with Gasteiger partial charge in [-0.3, -0.25) is 4.79 Å². The number of ketones is 1. The third-order valence-corrected chi connectivity index (χ3v) is 4.33. The quantitative estimate of drug-likeness (QED) is 0.258. The second-order valence-corrected chi connectivity index (χ2v) is 6.11. The Morgan fingerprint density at radius 3 is 1.96 bits per heavy atom. The van der Waals surface area contributed by atoms with Crippen LogP contribution in [0.25, 0.3) is 22.2 Å². The van der Waals surface area contributed by atoms with E-state index in [0.29, 0.717) is 11.1 Å². The Morgan fingerprint density at radius 2 is 1.30 bits per heavy atom. The van der Waals surface area contributed by atoms with E-state index in [9.17, 15) is 9.90 Å². The molecule has 0 saturated heterocycles. The van der Waals surface area contributed by atoms with Gasteiger partial charge in [0.05, 0.1) is 5.39 Å². The van der Waals surface area contributed by atoms with Crippen LogP contribution in [0.5, 0.6) is 0 Å². The summed E-state index contributed by atoms with van der Waals surface area (Å²) in [4.78, 5) is 13.2. The van der Waals surface area contributed by atoms with Crippen molar-refractivity contribution in [1.82, 2.24) is 5.10 Å². The summed E-state index contributed by atoms with van der Waals surface area (Å²) in [6.45, 7) is 0. The van der Waals surface area contributed by atoms with Crippen LogP contribution in [0.15, 0.2) is 97.3 Å². The smallest absolute Gasteiger partial charge is 0.327 e. The van der Waals surface area contributed by atoms with Crippen LogP contribution < -0.4 is 4.68 Å². The molecule has 0 unspecified atom stereocenters. The van der Waals surface area contributed by atoms with Gasteiger partial charge >= 0.3 is 5.70 Å². The first-order chi connectivity index (χ1) is 13.2. The lowest BCUT2D eigenvalue weighted by molar-refractivity contribution is -0.640. The molecule has 0 bridgehead atoms. The van der Waals surface area contributed by atoms with Gasteiger partial charge in [0.15, 0.2) is 0 Å². The van der Waals surface area contributed by atoms with Crippen LogP contribution in [0.4, 0.5) is 0 Å². The molecule has 1 heterocycles. The predicted octanol–water partition coefficient (Wildman–Crippen LogP) is 4.29. The minimum atomic E-state index is -0.301. The van der Waals surface area contributed by atoms with Crippen molar-refractivity contribution in [1.29, 1.82) is 0 Å². The topological polar surface area (TPSA) is 54.1 Å². The molecule has 4 heteroatoms. The maximum atomic E-state index is 13.2. The van der Waals surface area contributed by atoms with Crippen molar-refractivity contribution in [2.45, 2.75) is 0 Å². The number of aliphatic hydroxyl groups is 1. The number of benzene rings is 3. The number of Topliss-reactive ketones (excluding diaryl/α,β-unsaturated/α-hetero) is 1. The summed E-state index contributed by atoms with van der Waals surface area (Å²) < 4.78 is 1.44. The van der Waals surface area contributed by atoms with E-state index < -0.39 is 0 Å². The molecule has 4 rings (SSSR count). The number of rotatable bonds is 4.